The van der Waals surface area contributed by atoms with E-state index in [1.165, 1.54) is 6.07 Å². The van der Waals surface area contributed by atoms with E-state index >= 15 is 0 Å². The topological polar surface area (TPSA) is 35.5 Å². The Morgan fingerprint density at radius 1 is 1.26 bits per heavy atom. The average Bonchev–Trinajstić information content (AvgIpc) is 2.39. The lowest BCUT2D eigenvalue weighted by molar-refractivity contribution is -0.137. The second-order valence-electron chi connectivity index (χ2n) is 4.67. The van der Waals surface area contributed by atoms with Gasteiger partial charge in [-0.1, -0.05) is 18.2 Å². The van der Waals surface area contributed by atoms with Crippen LogP contribution in [-0.4, -0.2) is 42.4 Å². The fourth-order valence-corrected chi connectivity index (χ4v) is 2.19. The summed E-state index contributed by atoms with van der Waals surface area (Å²) < 4.78 is 37.7. The SMILES string of the molecule is OC(Cc1cccc(C(F)(F)F)c1)N1CCNCC1. The second kappa shape index (κ2) is 5.90. The summed E-state index contributed by atoms with van der Waals surface area (Å²) in [5.74, 6) is 0. The highest BCUT2D eigenvalue weighted by atomic mass is 19.4. The van der Waals surface area contributed by atoms with E-state index in [1.54, 1.807) is 6.07 Å². The van der Waals surface area contributed by atoms with Crippen LogP contribution in [0.2, 0.25) is 0 Å². The van der Waals surface area contributed by atoms with Gasteiger partial charge in [0.15, 0.2) is 0 Å². The van der Waals surface area contributed by atoms with Gasteiger partial charge in [-0.15, -0.1) is 0 Å². The maximum atomic E-state index is 12.6. The molecule has 2 N–H and O–H groups in total. The smallest absolute Gasteiger partial charge is 0.378 e. The van der Waals surface area contributed by atoms with Crippen molar-refractivity contribution in [1.29, 1.82) is 0 Å². The van der Waals surface area contributed by atoms with Gasteiger partial charge in [-0.3, -0.25) is 4.90 Å². The molecule has 3 nitrogen and oxygen atoms in total. The zero-order valence-corrected chi connectivity index (χ0v) is 10.5. The number of aliphatic hydroxyl groups is 1. The van der Waals surface area contributed by atoms with E-state index in [2.05, 4.69) is 5.32 Å². The van der Waals surface area contributed by atoms with E-state index in [0.717, 1.165) is 25.2 Å². The molecule has 1 aliphatic rings. The predicted octanol–water partition coefficient (Wildman–Crippen LogP) is 1.47. The first kappa shape index (κ1) is 14.3. The summed E-state index contributed by atoms with van der Waals surface area (Å²) in [6.07, 6.45) is -4.86. The molecule has 1 unspecified atom stereocenters. The Balaban J connectivity index is 2.02. The number of hydrogen-bond donors (Lipinski definition) is 2. The summed E-state index contributed by atoms with van der Waals surface area (Å²) in [4.78, 5) is 1.87. The van der Waals surface area contributed by atoms with Crippen molar-refractivity contribution in [3.8, 4) is 0 Å². The maximum absolute atomic E-state index is 12.6. The van der Waals surface area contributed by atoms with Crippen LogP contribution >= 0.6 is 0 Å². The zero-order chi connectivity index (χ0) is 13.9. The molecule has 19 heavy (non-hydrogen) atoms. The first-order chi connectivity index (χ1) is 8.97. The van der Waals surface area contributed by atoms with Crippen LogP contribution in [0.1, 0.15) is 11.1 Å². The molecule has 1 aromatic carbocycles. The largest absolute Gasteiger partial charge is 0.416 e. The van der Waals surface area contributed by atoms with Crippen LogP contribution in [0, 0.1) is 0 Å². The highest BCUT2D eigenvalue weighted by Crippen LogP contribution is 2.29. The van der Waals surface area contributed by atoms with E-state index in [4.69, 9.17) is 0 Å². The standard InChI is InChI=1S/C13H17F3N2O/c14-13(15,16)11-3-1-2-10(8-11)9-12(19)18-6-4-17-5-7-18/h1-3,8,12,17,19H,4-7,9H2. The summed E-state index contributed by atoms with van der Waals surface area (Å²) >= 11 is 0. The number of aliphatic hydroxyl groups excluding tert-OH is 1. The fraction of sp³-hybridized carbons (Fsp3) is 0.538. The molecule has 0 bridgehead atoms. The lowest BCUT2D eigenvalue weighted by Crippen LogP contribution is -2.49. The lowest BCUT2D eigenvalue weighted by atomic mass is 10.1. The van der Waals surface area contributed by atoms with Gasteiger partial charge >= 0.3 is 6.18 Å². The number of halogens is 3. The highest BCUT2D eigenvalue weighted by Gasteiger charge is 2.30. The van der Waals surface area contributed by atoms with Crippen LogP contribution in [-0.2, 0) is 12.6 Å². The molecular formula is C13H17F3N2O. The molecule has 2 rings (SSSR count). The number of hydrogen-bond acceptors (Lipinski definition) is 3. The minimum absolute atomic E-state index is 0.212. The maximum Gasteiger partial charge on any atom is 0.416 e. The Labute approximate surface area is 110 Å². The fourth-order valence-electron chi connectivity index (χ4n) is 2.19. The van der Waals surface area contributed by atoms with Gasteiger partial charge in [-0.05, 0) is 11.6 Å². The molecule has 0 aliphatic carbocycles. The van der Waals surface area contributed by atoms with E-state index < -0.39 is 18.0 Å². The highest BCUT2D eigenvalue weighted by molar-refractivity contribution is 5.26. The molecule has 1 atom stereocenters. The molecule has 1 aromatic rings. The number of benzene rings is 1. The summed E-state index contributed by atoms with van der Waals surface area (Å²) in [5.41, 5.74) is -0.168. The first-order valence-corrected chi connectivity index (χ1v) is 6.26. The third kappa shape index (κ3) is 3.92. The van der Waals surface area contributed by atoms with Crippen LogP contribution in [0.5, 0.6) is 0 Å². The van der Waals surface area contributed by atoms with Gasteiger partial charge in [0.05, 0.1) is 5.56 Å². The van der Waals surface area contributed by atoms with Gasteiger partial charge in [-0.2, -0.15) is 13.2 Å². The molecule has 0 amide bonds. The minimum Gasteiger partial charge on any atom is -0.378 e. The van der Waals surface area contributed by atoms with Crippen molar-refractivity contribution in [2.24, 2.45) is 0 Å². The quantitative estimate of drug-likeness (QED) is 0.876. The molecule has 1 saturated heterocycles. The number of piperazine rings is 1. The van der Waals surface area contributed by atoms with Crippen LogP contribution in [0.15, 0.2) is 24.3 Å². The summed E-state index contributed by atoms with van der Waals surface area (Å²) in [7, 11) is 0. The van der Waals surface area contributed by atoms with Gasteiger partial charge < -0.3 is 10.4 Å². The monoisotopic (exact) mass is 274 g/mol. The van der Waals surface area contributed by atoms with E-state index in [0.29, 0.717) is 18.7 Å². The Morgan fingerprint density at radius 2 is 1.95 bits per heavy atom. The molecular weight excluding hydrogens is 257 g/mol. The van der Waals surface area contributed by atoms with E-state index in [-0.39, 0.29) is 6.42 Å². The number of nitrogens with zero attached hydrogens (tertiary/aromatic N) is 1. The Bertz CT molecular complexity index is 417. The van der Waals surface area contributed by atoms with Crippen molar-refractivity contribution in [3.05, 3.63) is 35.4 Å². The average molecular weight is 274 g/mol. The number of alkyl halides is 3. The number of nitrogens with one attached hydrogen (secondary N) is 1. The van der Waals surface area contributed by atoms with Crippen LogP contribution < -0.4 is 5.32 Å². The van der Waals surface area contributed by atoms with Crippen molar-refractivity contribution < 1.29 is 18.3 Å². The van der Waals surface area contributed by atoms with E-state index in [9.17, 15) is 18.3 Å². The zero-order valence-electron chi connectivity index (χ0n) is 10.5. The van der Waals surface area contributed by atoms with Crippen molar-refractivity contribution >= 4 is 0 Å². The van der Waals surface area contributed by atoms with Crippen LogP contribution in [0.4, 0.5) is 13.2 Å². The van der Waals surface area contributed by atoms with E-state index in [1.807, 2.05) is 4.90 Å². The molecule has 1 aliphatic heterocycles. The first-order valence-electron chi connectivity index (χ1n) is 6.26. The molecule has 0 aromatic heterocycles. The minimum atomic E-state index is -4.34. The predicted molar refractivity (Wildman–Crippen MR) is 65.6 cm³/mol. The normalized spacial score (nSPS) is 19.4. The third-order valence-corrected chi connectivity index (χ3v) is 3.25. The Kier molecular flexibility index (Phi) is 4.44. The molecule has 1 fully saturated rings. The summed E-state index contributed by atoms with van der Waals surface area (Å²) in [5, 5.41) is 13.2. The van der Waals surface area contributed by atoms with Crippen molar-refractivity contribution in [2.75, 3.05) is 26.2 Å². The lowest BCUT2D eigenvalue weighted by Gasteiger charge is -2.31. The third-order valence-electron chi connectivity index (χ3n) is 3.25. The summed E-state index contributed by atoms with van der Waals surface area (Å²) in [6.45, 7) is 3.00. The number of rotatable bonds is 3. The second-order valence-corrected chi connectivity index (χ2v) is 4.67. The van der Waals surface area contributed by atoms with Crippen molar-refractivity contribution in [2.45, 2.75) is 18.8 Å². The van der Waals surface area contributed by atoms with Gasteiger partial charge in [0, 0.05) is 32.6 Å². The molecule has 1 heterocycles. The van der Waals surface area contributed by atoms with Crippen LogP contribution in [0.25, 0.3) is 0 Å². The van der Waals surface area contributed by atoms with Gasteiger partial charge in [-0.25, -0.2) is 0 Å². The van der Waals surface area contributed by atoms with Crippen molar-refractivity contribution in [3.63, 3.8) is 0 Å². The molecule has 0 radical (unpaired) electrons. The van der Waals surface area contributed by atoms with Gasteiger partial charge in [0.1, 0.15) is 6.23 Å². The summed E-state index contributed by atoms with van der Waals surface area (Å²) in [6, 6.07) is 5.13. The Morgan fingerprint density at radius 3 is 2.58 bits per heavy atom. The molecule has 6 heteroatoms. The van der Waals surface area contributed by atoms with Crippen LogP contribution in [0.3, 0.4) is 0 Å². The molecule has 106 valence electrons. The molecule has 0 spiro atoms. The van der Waals surface area contributed by atoms with Crippen molar-refractivity contribution in [1.82, 2.24) is 10.2 Å². The van der Waals surface area contributed by atoms with Gasteiger partial charge in [0.25, 0.3) is 0 Å². The van der Waals surface area contributed by atoms with Gasteiger partial charge in [0.2, 0.25) is 0 Å². The Hall–Kier alpha value is -1.11. The molecule has 0 saturated carbocycles.